The van der Waals surface area contributed by atoms with Crippen LogP contribution in [0.25, 0.3) is 0 Å². The van der Waals surface area contributed by atoms with Gasteiger partial charge in [0.1, 0.15) is 18.5 Å². The first-order valence-corrected chi connectivity index (χ1v) is 11.1. The topological polar surface area (TPSA) is 76.7 Å². The highest BCUT2D eigenvalue weighted by molar-refractivity contribution is 6.32. The van der Waals surface area contributed by atoms with Crippen LogP contribution in [0.1, 0.15) is 30.0 Å². The maximum absolute atomic E-state index is 13.7. The molecule has 2 aromatic rings. The molecule has 4 rings (SSSR count). The van der Waals surface area contributed by atoms with Crippen molar-refractivity contribution in [3.8, 4) is 6.07 Å². The predicted molar refractivity (Wildman–Crippen MR) is 126 cm³/mol. The van der Waals surface area contributed by atoms with Crippen molar-refractivity contribution in [2.24, 2.45) is 22.9 Å². The second kappa shape index (κ2) is 9.70. The lowest BCUT2D eigenvalue weighted by Crippen LogP contribution is -2.34. The number of rotatable bonds is 6. The van der Waals surface area contributed by atoms with E-state index in [0.29, 0.717) is 10.6 Å². The van der Waals surface area contributed by atoms with Gasteiger partial charge in [0.05, 0.1) is 28.0 Å². The Bertz CT molecular complexity index is 1170. The number of hydrazone groups is 1. The minimum absolute atomic E-state index is 0.0337. The zero-order valence-electron chi connectivity index (χ0n) is 17.9. The fraction of sp³-hybridized carbons (Fsp3) is 0.269. The van der Waals surface area contributed by atoms with Gasteiger partial charge in [-0.1, -0.05) is 35.9 Å². The predicted octanol–water partition coefficient (Wildman–Crippen LogP) is 5.21. The number of hydrogen-bond acceptors (Lipinski definition) is 5. The molecule has 0 saturated heterocycles. The summed E-state index contributed by atoms with van der Waals surface area (Å²) in [6.07, 6.45) is 6.73. The lowest BCUT2D eigenvalue weighted by atomic mass is 9.69. The smallest absolute Gasteiger partial charge is 0.180 e. The molecular weight excluding hydrogens is 441 g/mol. The van der Waals surface area contributed by atoms with Gasteiger partial charge >= 0.3 is 0 Å². The van der Waals surface area contributed by atoms with Gasteiger partial charge in [-0.15, -0.1) is 6.58 Å². The van der Waals surface area contributed by atoms with E-state index in [-0.39, 0.29) is 35.4 Å². The highest BCUT2D eigenvalue weighted by atomic mass is 35.5. The maximum atomic E-state index is 13.7. The Morgan fingerprint density at radius 1 is 1.30 bits per heavy atom. The maximum Gasteiger partial charge on any atom is 0.180 e. The molecular formula is C26H23ClFN3O2. The fourth-order valence-electron chi connectivity index (χ4n) is 4.77. The molecule has 0 spiro atoms. The first kappa shape index (κ1) is 22.9. The largest absolute Gasteiger partial charge is 0.388 e. The molecule has 1 fully saturated rings. The number of carbonyl (C=O) groups excluding carboxylic acids is 1. The van der Waals surface area contributed by atoms with E-state index in [1.54, 1.807) is 24.3 Å². The van der Waals surface area contributed by atoms with Gasteiger partial charge in [-0.05, 0) is 60.7 Å². The summed E-state index contributed by atoms with van der Waals surface area (Å²) in [6.45, 7) is 3.49. The number of hydrogen-bond donors (Lipinski definition) is 1. The van der Waals surface area contributed by atoms with Crippen molar-refractivity contribution < 1.29 is 14.3 Å². The SMILES string of the molecule is C=CC1C2=NN(c3ccc(C#N)c(Cl)c3)C(c3ccc(F)cc3)C2CCC1/C=C/C(=O)CO. The van der Waals surface area contributed by atoms with Crippen LogP contribution in [0.5, 0.6) is 0 Å². The summed E-state index contributed by atoms with van der Waals surface area (Å²) in [5.74, 6) is -0.644. The number of fused-ring (bicyclic) bond motifs is 1. The average Bonchev–Trinajstić information content (AvgIpc) is 3.22. The summed E-state index contributed by atoms with van der Waals surface area (Å²) >= 11 is 6.31. The molecule has 2 aliphatic rings. The Labute approximate surface area is 197 Å². The molecule has 4 atom stereocenters. The summed E-state index contributed by atoms with van der Waals surface area (Å²) in [7, 11) is 0. The first-order valence-electron chi connectivity index (χ1n) is 10.7. The van der Waals surface area contributed by atoms with Crippen molar-refractivity contribution in [2.75, 3.05) is 11.6 Å². The van der Waals surface area contributed by atoms with Crippen LogP contribution in [-0.4, -0.2) is 23.2 Å². The van der Waals surface area contributed by atoms with Crippen molar-refractivity contribution in [1.29, 1.82) is 5.26 Å². The van der Waals surface area contributed by atoms with Crippen molar-refractivity contribution in [1.82, 2.24) is 0 Å². The van der Waals surface area contributed by atoms with Gasteiger partial charge < -0.3 is 5.11 Å². The van der Waals surface area contributed by atoms with Crippen LogP contribution in [0.3, 0.4) is 0 Å². The third kappa shape index (κ3) is 4.47. The monoisotopic (exact) mass is 463 g/mol. The van der Waals surface area contributed by atoms with E-state index in [0.717, 1.165) is 29.8 Å². The van der Waals surface area contributed by atoms with E-state index in [1.807, 2.05) is 23.2 Å². The van der Waals surface area contributed by atoms with Gasteiger partial charge in [-0.3, -0.25) is 9.80 Å². The van der Waals surface area contributed by atoms with Crippen LogP contribution in [0, 0.1) is 34.9 Å². The van der Waals surface area contributed by atoms with Gasteiger partial charge in [0, 0.05) is 11.8 Å². The molecule has 1 aliphatic carbocycles. The summed E-state index contributed by atoms with van der Waals surface area (Å²) in [5, 5.41) is 25.5. The number of aliphatic hydroxyl groups excluding tert-OH is 1. The Balaban J connectivity index is 1.76. The number of benzene rings is 2. The molecule has 1 N–H and O–H groups in total. The number of nitriles is 1. The highest BCUT2D eigenvalue weighted by Gasteiger charge is 2.45. The van der Waals surface area contributed by atoms with Gasteiger partial charge in [0.15, 0.2) is 5.78 Å². The van der Waals surface area contributed by atoms with Gasteiger partial charge in [-0.25, -0.2) is 4.39 Å². The van der Waals surface area contributed by atoms with E-state index in [1.165, 1.54) is 18.2 Å². The van der Waals surface area contributed by atoms with Gasteiger partial charge in [0.25, 0.3) is 0 Å². The number of halogens is 2. The standard InChI is InChI=1S/C26H23ClFN3O2/c1-2-22-16(6-11-21(33)15-32)7-12-23-25(22)30-31(20-10-5-18(14-29)24(27)13-20)26(23)17-3-8-19(28)9-4-17/h2-6,8-11,13,16,22-23,26,32H,1,7,12,15H2/b11-6+. The second-order valence-electron chi connectivity index (χ2n) is 8.23. The molecule has 4 unspecified atom stereocenters. The van der Waals surface area contributed by atoms with E-state index in [2.05, 4.69) is 12.6 Å². The average molecular weight is 464 g/mol. The second-order valence-corrected chi connectivity index (χ2v) is 8.64. The molecule has 5 nitrogen and oxygen atoms in total. The summed E-state index contributed by atoms with van der Waals surface area (Å²) in [5.41, 5.74) is 2.98. The number of aliphatic hydroxyl groups is 1. The molecule has 1 heterocycles. The summed E-state index contributed by atoms with van der Waals surface area (Å²) in [6, 6.07) is 13.5. The molecule has 168 valence electrons. The van der Waals surface area contributed by atoms with E-state index in [9.17, 15) is 14.4 Å². The zero-order valence-corrected chi connectivity index (χ0v) is 18.6. The van der Waals surface area contributed by atoms with Gasteiger partial charge in [0.2, 0.25) is 0 Å². The quantitative estimate of drug-likeness (QED) is 0.471. The molecule has 0 radical (unpaired) electrons. The molecule has 0 bridgehead atoms. The van der Waals surface area contributed by atoms with Crippen LogP contribution in [-0.2, 0) is 4.79 Å². The normalized spacial score (nSPS) is 24.3. The molecule has 0 amide bonds. The molecule has 7 heteroatoms. The molecule has 2 aromatic carbocycles. The van der Waals surface area contributed by atoms with Crippen molar-refractivity contribution in [3.05, 3.63) is 89.2 Å². The minimum Gasteiger partial charge on any atom is -0.388 e. The number of allylic oxidation sites excluding steroid dienone is 2. The van der Waals surface area contributed by atoms with Crippen LogP contribution in [0.4, 0.5) is 10.1 Å². The van der Waals surface area contributed by atoms with E-state index >= 15 is 0 Å². The third-order valence-electron chi connectivity index (χ3n) is 6.35. The Morgan fingerprint density at radius 3 is 2.70 bits per heavy atom. The van der Waals surface area contributed by atoms with Crippen molar-refractivity contribution in [3.63, 3.8) is 0 Å². The number of nitrogens with zero attached hydrogens (tertiary/aromatic N) is 3. The Hall–Kier alpha value is -3.27. The summed E-state index contributed by atoms with van der Waals surface area (Å²) < 4.78 is 13.7. The van der Waals surface area contributed by atoms with Crippen LogP contribution < -0.4 is 5.01 Å². The lowest BCUT2D eigenvalue weighted by Gasteiger charge is -2.35. The van der Waals surface area contributed by atoms with Crippen LogP contribution >= 0.6 is 11.6 Å². The van der Waals surface area contributed by atoms with Crippen molar-refractivity contribution >= 4 is 28.8 Å². The number of anilines is 1. The van der Waals surface area contributed by atoms with Crippen molar-refractivity contribution in [2.45, 2.75) is 18.9 Å². The summed E-state index contributed by atoms with van der Waals surface area (Å²) in [4.78, 5) is 11.6. The zero-order chi connectivity index (χ0) is 23.5. The van der Waals surface area contributed by atoms with E-state index < -0.39 is 6.61 Å². The highest BCUT2D eigenvalue weighted by Crippen LogP contribution is 2.48. The van der Waals surface area contributed by atoms with Crippen LogP contribution in [0.2, 0.25) is 5.02 Å². The van der Waals surface area contributed by atoms with Gasteiger partial charge in [-0.2, -0.15) is 10.4 Å². The Kier molecular flexibility index (Phi) is 6.73. The van der Waals surface area contributed by atoms with E-state index in [4.69, 9.17) is 21.8 Å². The molecule has 0 aromatic heterocycles. The molecule has 1 aliphatic heterocycles. The fourth-order valence-corrected chi connectivity index (χ4v) is 4.98. The number of ketones is 1. The third-order valence-corrected chi connectivity index (χ3v) is 6.66. The number of carbonyl (C=O) groups is 1. The minimum atomic E-state index is -0.522. The van der Waals surface area contributed by atoms with Crippen LogP contribution in [0.15, 0.2) is 72.4 Å². The molecule has 33 heavy (non-hydrogen) atoms. The first-order chi connectivity index (χ1) is 16.0. The Morgan fingerprint density at radius 2 is 2.06 bits per heavy atom. The molecule has 1 saturated carbocycles. The lowest BCUT2D eigenvalue weighted by molar-refractivity contribution is -0.117.